The Morgan fingerprint density at radius 3 is 2.41 bits per heavy atom. The smallest absolute Gasteiger partial charge is 0.422 e. The Bertz CT molecular complexity index is 987. The topological polar surface area (TPSA) is 56.2 Å². The molecule has 0 spiro atoms. The van der Waals surface area contributed by atoms with E-state index >= 15 is 0 Å². The summed E-state index contributed by atoms with van der Waals surface area (Å²) >= 11 is 6.36. The minimum atomic E-state index is -4.39. The van der Waals surface area contributed by atoms with Gasteiger partial charge in [0.05, 0.1) is 16.9 Å². The fraction of sp³-hybridized carbons (Fsp3) is 0.200. The van der Waals surface area contributed by atoms with Gasteiger partial charge in [0.1, 0.15) is 10.9 Å². The van der Waals surface area contributed by atoms with E-state index in [1.165, 1.54) is 16.8 Å². The monoisotopic (exact) mass is 423 g/mol. The summed E-state index contributed by atoms with van der Waals surface area (Å²) in [5, 5.41) is 7.26. The Morgan fingerprint density at radius 2 is 1.79 bits per heavy atom. The number of para-hydroxylation sites is 1. The second-order valence-corrected chi connectivity index (χ2v) is 6.59. The van der Waals surface area contributed by atoms with Gasteiger partial charge >= 0.3 is 6.18 Å². The molecule has 0 saturated heterocycles. The zero-order chi connectivity index (χ0) is 21.0. The van der Waals surface area contributed by atoms with Crippen LogP contribution in [0, 0.1) is 6.92 Å². The molecule has 29 heavy (non-hydrogen) atoms. The summed E-state index contributed by atoms with van der Waals surface area (Å²) in [6.07, 6.45) is -4.39. The molecule has 2 aromatic carbocycles. The molecule has 0 aliphatic carbocycles. The van der Waals surface area contributed by atoms with Crippen molar-refractivity contribution >= 4 is 17.5 Å². The predicted octanol–water partition coefficient (Wildman–Crippen LogP) is 4.71. The lowest BCUT2D eigenvalue weighted by atomic mass is 10.2. The summed E-state index contributed by atoms with van der Waals surface area (Å²) in [4.78, 5) is 12.6. The number of aryl methyl sites for hydroxylation is 1. The van der Waals surface area contributed by atoms with Crippen molar-refractivity contribution in [2.75, 3.05) is 6.61 Å². The highest BCUT2D eigenvalue weighted by molar-refractivity contribution is 6.33. The third-order valence-electron chi connectivity index (χ3n) is 4.01. The number of hydrogen-bond donors (Lipinski definition) is 1. The van der Waals surface area contributed by atoms with Gasteiger partial charge in [-0.2, -0.15) is 18.3 Å². The molecular formula is C20H17ClF3N3O2. The number of benzene rings is 2. The van der Waals surface area contributed by atoms with Crippen LogP contribution in [0.3, 0.4) is 0 Å². The SMILES string of the molecule is Cc1nn(-c2ccccc2)c(Cl)c1C(=O)NCc1ccc(OCC(F)(F)F)cc1. The average Bonchev–Trinajstić information content (AvgIpc) is 2.99. The van der Waals surface area contributed by atoms with Crippen molar-refractivity contribution in [1.82, 2.24) is 15.1 Å². The van der Waals surface area contributed by atoms with Crippen LogP contribution in [0.1, 0.15) is 21.6 Å². The second-order valence-electron chi connectivity index (χ2n) is 6.23. The fourth-order valence-electron chi connectivity index (χ4n) is 2.64. The number of nitrogens with zero attached hydrogens (tertiary/aromatic N) is 2. The van der Waals surface area contributed by atoms with E-state index in [9.17, 15) is 18.0 Å². The number of halogens is 4. The van der Waals surface area contributed by atoms with Crippen molar-refractivity contribution in [3.63, 3.8) is 0 Å². The minimum Gasteiger partial charge on any atom is -0.484 e. The lowest BCUT2D eigenvalue weighted by Gasteiger charge is -2.10. The number of carbonyl (C=O) groups excluding carboxylic acids is 1. The van der Waals surface area contributed by atoms with E-state index in [1.54, 1.807) is 19.1 Å². The molecule has 0 unspecified atom stereocenters. The molecule has 0 aliphatic rings. The summed E-state index contributed by atoms with van der Waals surface area (Å²) in [5.74, 6) is -0.299. The Morgan fingerprint density at radius 1 is 1.14 bits per heavy atom. The van der Waals surface area contributed by atoms with Gasteiger partial charge in [-0.05, 0) is 36.8 Å². The summed E-state index contributed by atoms with van der Waals surface area (Å²) in [5.41, 5.74) is 2.17. The number of rotatable bonds is 6. The predicted molar refractivity (Wildman–Crippen MR) is 102 cm³/mol. The van der Waals surface area contributed by atoms with Crippen LogP contribution in [-0.2, 0) is 6.54 Å². The van der Waals surface area contributed by atoms with Crippen LogP contribution in [0.2, 0.25) is 5.15 Å². The van der Waals surface area contributed by atoms with Crippen LogP contribution in [0.25, 0.3) is 5.69 Å². The van der Waals surface area contributed by atoms with Crippen LogP contribution in [0.4, 0.5) is 13.2 Å². The summed E-state index contributed by atoms with van der Waals surface area (Å²) in [6.45, 7) is 0.504. The van der Waals surface area contributed by atoms with Gasteiger partial charge in [-0.3, -0.25) is 4.79 Å². The molecule has 0 bridgehead atoms. The first kappa shape index (κ1) is 20.7. The van der Waals surface area contributed by atoms with Crippen molar-refractivity contribution in [2.24, 2.45) is 0 Å². The maximum absolute atomic E-state index is 12.6. The van der Waals surface area contributed by atoms with Crippen molar-refractivity contribution in [2.45, 2.75) is 19.6 Å². The second kappa shape index (κ2) is 8.57. The molecule has 1 heterocycles. The van der Waals surface area contributed by atoms with Gasteiger partial charge in [-0.1, -0.05) is 41.9 Å². The molecule has 0 radical (unpaired) electrons. The first-order valence-corrected chi connectivity index (χ1v) is 8.99. The molecule has 1 amide bonds. The first-order valence-electron chi connectivity index (χ1n) is 8.62. The number of nitrogens with one attached hydrogen (secondary N) is 1. The summed E-state index contributed by atoms with van der Waals surface area (Å²) in [7, 11) is 0. The van der Waals surface area contributed by atoms with Gasteiger partial charge in [0.15, 0.2) is 6.61 Å². The van der Waals surface area contributed by atoms with E-state index in [0.29, 0.717) is 11.3 Å². The highest BCUT2D eigenvalue weighted by atomic mass is 35.5. The number of alkyl halides is 3. The molecule has 0 atom stereocenters. The highest BCUT2D eigenvalue weighted by Gasteiger charge is 2.28. The van der Waals surface area contributed by atoms with E-state index in [2.05, 4.69) is 15.2 Å². The largest absolute Gasteiger partial charge is 0.484 e. The van der Waals surface area contributed by atoms with Crippen LogP contribution in [-0.4, -0.2) is 28.5 Å². The zero-order valence-corrected chi connectivity index (χ0v) is 16.1. The van der Waals surface area contributed by atoms with Gasteiger partial charge < -0.3 is 10.1 Å². The van der Waals surface area contributed by atoms with Crippen LogP contribution in [0.15, 0.2) is 54.6 Å². The van der Waals surface area contributed by atoms with E-state index in [-0.39, 0.29) is 23.0 Å². The van der Waals surface area contributed by atoms with Gasteiger partial charge in [0.25, 0.3) is 5.91 Å². The fourth-order valence-corrected chi connectivity index (χ4v) is 2.99. The molecule has 0 aliphatic heterocycles. The van der Waals surface area contributed by atoms with Crippen LogP contribution in [0.5, 0.6) is 5.75 Å². The lowest BCUT2D eigenvalue weighted by molar-refractivity contribution is -0.153. The number of carbonyl (C=O) groups is 1. The Balaban J connectivity index is 1.65. The Kier molecular flexibility index (Phi) is 6.12. The number of ether oxygens (including phenoxy) is 1. The molecule has 3 aromatic rings. The maximum atomic E-state index is 12.6. The third kappa shape index (κ3) is 5.29. The average molecular weight is 424 g/mol. The normalized spacial score (nSPS) is 11.3. The van der Waals surface area contributed by atoms with Gasteiger partial charge in [0, 0.05) is 6.54 Å². The van der Waals surface area contributed by atoms with Crippen molar-refractivity contribution < 1.29 is 22.7 Å². The van der Waals surface area contributed by atoms with Crippen molar-refractivity contribution in [1.29, 1.82) is 0 Å². The Hall–Kier alpha value is -3.00. The van der Waals surface area contributed by atoms with Crippen LogP contribution < -0.4 is 10.1 Å². The molecule has 1 N–H and O–H groups in total. The quantitative estimate of drug-likeness (QED) is 0.625. The first-order chi connectivity index (χ1) is 13.7. The summed E-state index contributed by atoms with van der Waals surface area (Å²) in [6, 6.07) is 15.2. The number of amides is 1. The molecular weight excluding hydrogens is 407 g/mol. The molecule has 152 valence electrons. The molecule has 1 aromatic heterocycles. The molecule has 9 heteroatoms. The van der Waals surface area contributed by atoms with Gasteiger partial charge in [-0.25, -0.2) is 4.68 Å². The molecule has 3 rings (SSSR count). The van der Waals surface area contributed by atoms with E-state index in [1.807, 2.05) is 30.3 Å². The van der Waals surface area contributed by atoms with Crippen molar-refractivity contribution in [3.8, 4) is 11.4 Å². The third-order valence-corrected chi connectivity index (χ3v) is 4.36. The minimum absolute atomic E-state index is 0.0976. The standard InChI is InChI=1S/C20H17ClF3N3O2/c1-13-17(18(21)27(26-13)15-5-3-2-4-6-15)19(28)25-11-14-7-9-16(10-8-14)29-12-20(22,23)24/h2-10H,11-12H2,1H3,(H,25,28). The highest BCUT2D eigenvalue weighted by Crippen LogP contribution is 2.24. The van der Waals surface area contributed by atoms with E-state index < -0.39 is 18.7 Å². The molecule has 0 fully saturated rings. The van der Waals surface area contributed by atoms with Crippen LogP contribution >= 0.6 is 11.6 Å². The van der Waals surface area contributed by atoms with E-state index in [0.717, 1.165) is 5.69 Å². The van der Waals surface area contributed by atoms with Crippen molar-refractivity contribution in [3.05, 3.63) is 76.6 Å². The van der Waals surface area contributed by atoms with Gasteiger partial charge in [-0.15, -0.1) is 0 Å². The van der Waals surface area contributed by atoms with E-state index in [4.69, 9.17) is 11.6 Å². The zero-order valence-electron chi connectivity index (χ0n) is 15.3. The number of hydrogen-bond acceptors (Lipinski definition) is 3. The molecule has 0 saturated carbocycles. The number of aromatic nitrogens is 2. The van der Waals surface area contributed by atoms with Gasteiger partial charge in [0.2, 0.25) is 0 Å². The maximum Gasteiger partial charge on any atom is 0.422 e. The summed E-state index contributed by atoms with van der Waals surface area (Å²) < 4.78 is 42.7. The Labute approximate surface area is 170 Å². The molecule has 5 nitrogen and oxygen atoms in total. The lowest BCUT2D eigenvalue weighted by Crippen LogP contribution is -2.23.